The van der Waals surface area contributed by atoms with E-state index in [4.69, 9.17) is 10.2 Å². The smallest absolute Gasteiger partial charge is 0.318 e. The minimum absolute atomic E-state index is 0.0567. The second-order valence-corrected chi connectivity index (χ2v) is 4.69. The molecule has 1 atom stereocenters. The monoisotopic (exact) mass is 275 g/mol. The third kappa shape index (κ3) is 3.16. The van der Waals surface area contributed by atoms with Gasteiger partial charge >= 0.3 is 6.03 Å². The van der Waals surface area contributed by atoms with Crippen molar-refractivity contribution in [2.75, 3.05) is 13.6 Å². The van der Waals surface area contributed by atoms with E-state index < -0.39 is 11.9 Å². The lowest BCUT2D eigenvalue weighted by Gasteiger charge is -2.21. The number of amides is 3. The van der Waals surface area contributed by atoms with Crippen LogP contribution in [0, 0.1) is 0 Å². The van der Waals surface area contributed by atoms with Gasteiger partial charge in [0.2, 0.25) is 5.91 Å². The number of primary amides is 1. The summed E-state index contributed by atoms with van der Waals surface area (Å²) in [5, 5.41) is 3.05. The Morgan fingerprint density at radius 1 is 1.40 bits per heavy atom. The zero-order valence-electron chi connectivity index (χ0n) is 11.4. The van der Waals surface area contributed by atoms with Gasteiger partial charge in [-0.1, -0.05) is 18.2 Å². The van der Waals surface area contributed by atoms with Gasteiger partial charge in [-0.15, -0.1) is 0 Å². The van der Waals surface area contributed by atoms with E-state index in [2.05, 4.69) is 0 Å². The molecule has 6 heteroatoms. The number of hydrogen-bond acceptors (Lipinski definition) is 4. The topological polar surface area (TPSA) is 88.6 Å². The first-order chi connectivity index (χ1) is 9.47. The van der Waals surface area contributed by atoms with Crippen LogP contribution >= 0.6 is 0 Å². The molecule has 0 aliphatic rings. The van der Waals surface area contributed by atoms with Gasteiger partial charge in [0.1, 0.15) is 11.3 Å². The van der Waals surface area contributed by atoms with Crippen molar-refractivity contribution in [3.63, 3.8) is 0 Å². The number of para-hydroxylation sites is 1. The van der Waals surface area contributed by atoms with Crippen molar-refractivity contribution in [3.05, 3.63) is 36.1 Å². The lowest BCUT2D eigenvalue weighted by molar-refractivity contribution is -0.121. The minimum atomic E-state index is -0.847. The number of rotatable bonds is 4. The van der Waals surface area contributed by atoms with Crippen LogP contribution < -0.4 is 11.1 Å². The summed E-state index contributed by atoms with van der Waals surface area (Å²) in [5.74, 6) is 0.323. The Morgan fingerprint density at radius 2 is 2.10 bits per heavy atom. The fourth-order valence-electron chi connectivity index (χ4n) is 1.97. The number of urea groups is 1. The molecule has 0 saturated carbocycles. The number of benzene rings is 1. The molecule has 0 aliphatic heterocycles. The molecule has 2 rings (SSSR count). The van der Waals surface area contributed by atoms with Crippen LogP contribution in [0.25, 0.3) is 11.0 Å². The zero-order chi connectivity index (χ0) is 14.7. The van der Waals surface area contributed by atoms with Crippen molar-refractivity contribution in [2.45, 2.75) is 13.0 Å². The molecule has 0 fully saturated rings. The lowest BCUT2D eigenvalue weighted by Crippen LogP contribution is -2.41. The molecule has 1 heterocycles. The minimum Gasteiger partial charge on any atom is -0.459 e. The molecule has 0 bridgehead atoms. The first-order valence-electron chi connectivity index (χ1n) is 6.25. The molecule has 3 amide bonds. The maximum absolute atomic E-state index is 11.5. The molecule has 6 nitrogen and oxygen atoms in total. The number of furan rings is 1. The molecule has 106 valence electrons. The molecule has 1 unspecified atom stereocenters. The van der Waals surface area contributed by atoms with E-state index in [1.165, 1.54) is 0 Å². The number of nitrogens with zero attached hydrogens (tertiary/aromatic N) is 1. The van der Waals surface area contributed by atoms with E-state index in [0.29, 0.717) is 0 Å². The Kier molecular flexibility index (Phi) is 4.05. The van der Waals surface area contributed by atoms with Gasteiger partial charge in [-0.3, -0.25) is 15.0 Å². The van der Waals surface area contributed by atoms with Crippen LogP contribution in [0.2, 0.25) is 0 Å². The predicted molar refractivity (Wildman–Crippen MR) is 75.0 cm³/mol. The maximum Gasteiger partial charge on any atom is 0.318 e. The van der Waals surface area contributed by atoms with Crippen LogP contribution in [0.15, 0.2) is 34.7 Å². The van der Waals surface area contributed by atoms with Crippen molar-refractivity contribution in [1.82, 2.24) is 10.2 Å². The lowest BCUT2D eigenvalue weighted by atomic mass is 10.2. The molecule has 20 heavy (non-hydrogen) atoms. The summed E-state index contributed by atoms with van der Waals surface area (Å²) in [7, 11) is 1.78. The van der Waals surface area contributed by atoms with Crippen molar-refractivity contribution < 1.29 is 14.0 Å². The molecule has 1 aromatic heterocycles. The second kappa shape index (κ2) is 5.75. The van der Waals surface area contributed by atoms with E-state index in [9.17, 15) is 9.59 Å². The molecule has 0 aliphatic carbocycles. The van der Waals surface area contributed by atoms with Crippen molar-refractivity contribution in [2.24, 2.45) is 5.73 Å². The first kappa shape index (κ1) is 14.1. The third-order valence-corrected chi connectivity index (χ3v) is 3.17. The normalized spacial score (nSPS) is 12.6. The first-order valence-corrected chi connectivity index (χ1v) is 6.25. The van der Waals surface area contributed by atoms with Crippen LogP contribution in [0.1, 0.15) is 18.7 Å². The molecular weight excluding hydrogens is 258 g/mol. The average Bonchev–Trinajstić information content (AvgIpc) is 2.80. The summed E-state index contributed by atoms with van der Waals surface area (Å²) < 4.78 is 5.75. The number of nitrogens with two attached hydrogens (primary N) is 1. The van der Waals surface area contributed by atoms with Gasteiger partial charge in [0, 0.05) is 5.39 Å². The number of hydrogen-bond donors (Lipinski definition) is 2. The number of nitrogens with one attached hydrogen (secondary N) is 1. The van der Waals surface area contributed by atoms with E-state index in [0.717, 1.165) is 16.7 Å². The third-order valence-electron chi connectivity index (χ3n) is 3.17. The Bertz CT molecular complexity index is 602. The van der Waals surface area contributed by atoms with Crippen LogP contribution in [0.5, 0.6) is 0 Å². The fraction of sp³-hybridized carbons (Fsp3) is 0.286. The Labute approximate surface area is 116 Å². The maximum atomic E-state index is 11.5. The van der Waals surface area contributed by atoms with Crippen LogP contribution in [0.4, 0.5) is 4.79 Å². The molecule has 2 aromatic rings. The second-order valence-electron chi connectivity index (χ2n) is 4.69. The molecule has 1 aromatic carbocycles. The highest BCUT2D eigenvalue weighted by Gasteiger charge is 2.18. The molecule has 0 saturated heterocycles. The van der Waals surface area contributed by atoms with Crippen LogP contribution in [-0.2, 0) is 4.79 Å². The molecular formula is C14H17N3O3. The molecule has 0 spiro atoms. The molecule has 0 radical (unpaired) electrons. The van der Waals surface area contributed by atoms with Gasteiger partial charge in [-0.25, -0.2) is 4.79 Å². The van der Waals surface area contributed by atoms with Crippen LogP contribution in [-0.4, -0.2) is 30.4 Å². The van der Waals surface area contributed by atoms with E-state index in [1.807, 2.05) is 42.6 Å². The molecule has 3 N–H and O–H groups in total. The Balaban J connectivity index is 2.07. The van der Waals surface area contributed by atoms with Gasteiger partial charge in [-0.2, -0.15) is 0 Å². The predicted octanol–water partition coefficient (Wildman–Crippen LogP) is 1.62. The highest BCUT2D eigenvalue weighted by molar-refractivity contribution is 5.94. The Hall–Kier alpha value is -2.34. The highest BCUT2D eigenvalue weighted by Crippen LogP contribution is 2.26. The van der Waals surface area contributed by atoms with Gasteiger partial charge in [0.25, 0.3) is 0 Å². The standard InChI is InChI=1S/C14H17N3O3/c1-9(17(2)8-13(18)16-14(15)19)12-7-10-5-3-4-6-11(10)20-12/h3-7,9H,8H2,1-2H3,(H3,15,16,18,19). The Morgan fingerprint density at radius 3 is 2.75 bits per heavy atom. The van der Waals surface area contributed by atoms with Gasteiger partial charge in [-0.05, 0) is 26.1 Å². The zero-order valence-corrected chi connectivity index (χ0v) is 11.4. The average molecular weight is 275 g/mol. The van der Waals surface area contributed by atoms with Crippen molar-refractivity contribution in [3.8, 4) is 0 Å². The quantitative estimate of drug-likeness (QED) is 0.887. The summed E-state index contributed by atoms with van der Waals surface area (Å²) in [4.78, 5) is 23.9. The largest absolute Gasteiger partial charge is 0.459 e. The number of fused-ring (bicyclic) bond motifs is 1. The van der Waals surface area contributed by atoms with Crippen molar-refractivity contribution >= 4 is 22.9 Å². The highest BCUT2D eigenvalue weighted by atomic mass is 16.3. The van der Waals surface area contributed by atoms with E-state index in [-0.39, 0.29) is 12.6 Å². The summed E-state index contributed by atoms with van der Waals surface area (Å²) in [6.45, 7) is 1.98. The SMILES string of the molecule is CC(c1cc2ccccc2o1)N(C)CC(=O)NC(N)=O. The van der Waals surface area contributed by atoms with Gasteiger partial charge in [0.15, 0.2) is 0 Å². The van der Waals surface area contributed by atoms with E-state index >= 15 is 0 Å². The van der Waals surface area contributed by atoms with Crippen molar-refractivity contribution in [1.29, 1.82) is 0 Å². The van der Waals surface area contributed by atoms with Gasteiger partial charge < -0.3 is 10.2 Å². The summed E-state index contributed by atoms with van der Waals surface area (Å²) in [5.41, 5.74) is 5.71. The summed E-state index contributed by atoms with van der Waals surface area (Å²) in [6.07, 6.45) is 0. The number of carbonyl (C=O) groups is 2. The van der Waals surface area contributed by atoms with E-state index in [1.54, 1.807) is 11.9 Å². The summed E-state index contributed by atoms with van der Waals surface area (Å²) in [6, 6.07) is 8.71. The number of imide groups is 1. The number of likely N-dealkylation sites (N-methyl/N-ethyl adjacent to an activating group) is 1. The number of carbonyl (C=O) groups excluding carboxylic acids is 2. The van der Waals surface area contributed by atoms with Gasteiger partial charge in [0.05, 0.1) is 12.6 Å². The summed E-state index contributed by atoms with van der Waals surface area (Å²) >= 11 is 0. The van der Waals surface area contributed by atoms with Crippen LogP contribution in [0.3, 0.4) is 0 Å². The fourth-order valence-corrected chi connectivity index (χ4v) is 1.97.